The minimum absolute atomic E-state index is 0.152. The molecule has 1 saturated carbocycles. The molecule has 0 heterocycles. The molecule has 86 valence electrons. The van der Waals surface area contributed by atoms with Crippen molar-refractivity contribution in [2.24, 2.45) is 0 Å². The predicted octanol–water partition coefficient (Wildman–Crippen LogP) is 2.75. The van der Waals surface area contributed by atoms with Gasteiger partial charge in [-0.15, -0.1) is 0 Å². The van der Waals surface area contributed by atoms with Gasteiger partial charge in [-0.2, -0.15) is 0 Å². The van der Waals surface area contributed by atoms with Gasteiger partial charge in [0.05, 0.1) is 5.69 Å². The minimum Gasteiger partial charge on any atom is -0.380 e. The van der Waals surface area contributed by atoms with Gasteiger partial charge in [-0.3, -0.25) is 4.79 Å². The molecule has 0 aliphatic heterocycles. The molecule has 0 spiro atoms. The third-order valence-corrected chi connectivity index (χ3v) is 2.75. The fourth-order valence-corrected chi connectivity index (χ4v) is 1.69. The van der Waals surface area contributed by atoms with Gasteiger partial charge in [0.15, 0.2) is 0 Å². The summed E-state index contributed by atoms with van der Waals surface area (Å²) >= 11 is 0. The zero-order valence-electron chi connectivity index (χ0n) is 9.22. The van der Waals surface area contributed by atoms with E-state index in [1.807, 2.05) is 0 Å². The van der Waals surface area contributed by atoms with E-state index in [-0.39, 0.29) is 11.7 Å². The maximum Gasteiger partial charge on any atom is 0.221 e. The molecule has 2 N–H and O–H groups in total. The van der Waals surface area contributed by atoms with Crippen LogP contribution < -0.4 is 10.6 Å². The van der Waals surface area contributed by atoms with Crippen LogP contribution in [0.15, 0.2) is 18.2 Å². The fourth-order valence-electron chi connectivity index (χ4n) is 1.69. The Labute approximate surface area is 94.0 Å². The summed E-state index contributed by atoms with van der Waals surface area (Å²) in [6.07, 6.45) is 3.37. The Hall–Kier alpha value is -1.58. The quantitative estimate of drug-likeness (QED) is 0.825. The number of hydrogen-bond acceptors (Lipinski definition) is 2. The van der Waals surface area contributed by atoms with E-state index in [1.54, 1.807) is 12.1 Å². The highest BCUT2D eigenvalue weighted by atomic mass is 19.1. The fraction of sp³-hybridized carbons (Fsp3) is 0.417. The Morgan fingerprint density at radius 3 is 2.75 bits per heavy atom. The van der Waals surface area contributed by atoms with Gasteiger partial charge in [0.25, 0.3) is 0 Å². The zero-order valence-corrected chi connectivity index (χ0v) is 9.22. The minimum atomic E-state index is -0.277. The Morgan fingerprint density at radius 2 is 2.19 bits per heavy atom. The van der Waals surface area contributed by atoms with Crippen molar-refractivity contribution in [1.82, 2.24) is 0 Å². The van der Waals surface area contributed by atoms with E-state index in [4.69, 9.17) is 0 Å². The third kappa shape index (κ3) is 2.51. The molecule has 0 saturated heterocycles. The molecule has 1 aliphatic carbocycles. The van der Waals surface area contributed by atoms with Crippen LogP contribution in [0.1, 0.15) is 26.2 Å². The molecule has 0 bridgehead atoms. The second-order valence-corrected chi connectivity index (χ2v) is 4.15. The molecule has 1 amide bonds. The second-order valence-electron chi connectivity index (χ2n) is 4.15. The Bertz CT molecular complexity index is 402. The van der Waals surface area contributed by atoms with Gasteiger partial charge in [-0.25, -0.2) is 4.39 Å². The molecular weight excluding hydrogens is 207 g/mol. The number of benzene rings is 1. The Balaban J connectivity index is 2.11. The van der Waals surface area contributed by atoms with E-state index in [2.05, 4.69) is 10.6 Å². The average Bonchev–Trinajstić information content (AvgIpc) is 2.15. The lowest BCUT2D eigenvalue weighted by atomic mass is 9.93. The number of carbonyl (C=O) groups is 1. The van der Waals surface area contributed by atoms with Gasteiger partial charge >= 0.3 is 0 Å². The highest BCUT2D eigenvalue weighted by molar-refractivity contribution is 5.89. The summed E-state index contributed by atoms with van der Waals surface area (Å²) in [7, 11) is 0. The van der Waals surface area contributed by atoms with Crippen LogP contribution in [0.25, 0.3) is 0 Å². The van der Waals surface area contributed by atoms with Crippen molar-refractivity contribution in [1.29, 1.82) is 0 Å². The van der Waals surface area contributed by atoms with Crippen LogP contribution in [0.4, 0.5) is 15.8 Å². The number of nitrogens with one attached hydrogen (secondary N) is 2. The summed E-state index contributed by atoms with van der Waals surface area (Å²) in [4.78, 5) is 10.9. The lowest BCUT2D eigenvalue weighted by Crippen LogP contribution is -2.27. The molecule has 0 radical (unpaired) electrons. The molecule has 1 aromatic rings. The SMILES string of the molecule is CC(=O)Nc1ccc(F)c(NC2CCC2)c1. The molecule has 0 atom stereocenters. The van der Waals surface area contributed by atoms with Crippen molar-refractivity contribution in [3.05, 3.63) is 24.0 Å². The van der Waals surface area contributed by atoms with Gasteiger partial charge in [0, 0.05) is 18.7 Å². The van der Waals surface area contributed by atoms with Crippen molar-refractivity contribution in [3.8, 4) is 0 Å². The molecule has 1 fully saturated rings. The summed E-state index contributed by atoms with van der Waals surface area (Å²) in [5.41, 5.74) is 1.09. The van der Waals surface area contributed by atoms with Gasteiger partial charge in [-0.05, 0) is 37.5 Å². The maximum absolute atomic E-state index is 13.5. The van der Waals surface area contributed by atoms with Crippen molar-refractivity contribution in [2.75, 3.05) is 10.6 Å². The van der Waals surface area contributed by atoms with Crippen LogP contribution in [0, 0.1) is 5.82 Å². The summed E-state index contributed by atoms with van der Waals surface area (Å²) in [5.74, 6) is -0.429. The number of carbonyl (C=O) groups excluding carboxylic acids is 1. The van der Waals surface area contributed by atoms with Crippen molar-refractivity contribution in [2.45, 2.75) is 32.2 Å². The molecule has 16 heavy (non-hydrogen) atoms. The molecule has 2 rings (SSSR count). The molecular formula is C12H15FN2O. The van der Waals surface area contributed by atoms with E-state index < -0.39 is 0 Å². The standard InChI is InChI=1S/C12H15FN2O/c1-8(16)14-10-5-6-11(13)12(7-10)15-9-3-2-4-9/h5-7,9,15H,2-4H2,1H3,(H,14,16). The van der Waals surface area contributed by atoms with Crippen LogP contribution in [0.2, 0.25) is 0 Å². The van der Waals surface area contributed by atoms with Crippen LogP contribution in [-0.4, -0.2) is 11.9 Å². The topological polar surface area (TPSA) is 41.1 Å². The first-order valence-electron chi connectivity index (χ1n) is 5.49. The van der Waals surface area contributed by atoms with Crippen LogP contribution >= 0.6 is 0 Å². The van der Waals surface area contributed by atoms with Crippen LogP contribution in [-0.2, 0) is 4.79 Å². The first-order valence-corrected chi connectivity index (χ1v) is 5.49. The van der Waals surface area contributed by atoms with E-state index >= 15 is 0 Å². The molecule has 0 unspecified atom stereocenters. The lowest BCUT2D eigenvalue weighted by molar-refractivity contribution is -0.114. The highest BCUT2D eigenvalue weighted by Gasteiger charge is 2.18. The third-order valence-electron chi connectivity index (χ3n) is 2.75. The van der Waals surface area contributed by atoms with Gasteiger partial charge in [-0.1, -0.05) is 0 Å². The first-order chi connectivity index (χ1) is 7.65. The van der Waals surface area contributed by atoms with E-state index in [1.165, 1.54) is 19.4 Å². The van der Waals surface area contributed by atoms with Crippen molar-refractivity contribution < 1.29 is 9.18 Å². The Kier molecular flexibility index (Phi) is 3.08. The number of anilines is 2. The maximum atomic E-state index is 13.5. The normalized spacial score (nSPS) is 15.4. The number of hydrogen-bond donors (Lipinski definition) is 2. The van der Waals surface area contributed by atoms with E-state index in [0.717, 1.165) is 12.8 Å². The largest absolute Gasteiger partial charge is 0.380 e. The van der Waals surface area contributed by atoms with Crippen molar-refractivity contribution >= 4 is 17.3 Å². The summed E-state index contributed by atoms with van der Waals surface area (Å²) in [5, 5.41) is 5.77. The number of amides is 1. The average molecular weight is 222 g/mol. The molecule has 3 nitrogen and oxygen atoms in total. The number of halogens is 1. The van der Waals surface area contributed by atoms with E-state index in [0.29, 0.717) is 17.4 Å². The smallest absolute Gasteiger partial charge is 0.221 e. The van der Waals surface area contributed by atoms with Crippen LogP contribution in [0.3, 0.4) is 0 Å². The monoisotopic (exact) mass is 222 g/mol. The predicted molar refractivity (Wildman–Crippen MR) is 62.0 cm³/mol. The van der Waals surface area contributed by atoms with Gasteiger partial charge < -0.3 is 10.6 Å². The lowest BCUT2D eigenvalue weighted by Gasteiger charge is -2.27. The van der Waals surface area contributed by atoms with Crippen LogP contribution in [0.5, 0.6) is 0 Å². The molecule has 1 aliphatic rings. The van der Waals surface area contributed by atoms with Gasteiger partial charge in [0.2, 0.25) is 5.91 Å². The Morgan fingerprint density at radius 1 is 1.44 bits per heavy atom. The summed E-state index contributed by atoms with van der Waals surface area (Å²) < 4.78 is 13.5. The summed E-state index contributed by atoms with van der Waals surface area (Å²) in [6, 6.07) is 4.94. The number of rotatable bonds is 3. The highest BCUT2D eigenvalue weighted by Crippen LogP contribution is 2.26. The van der Waals surface area contributed by atoms with E-state index in [9.17, 15) is 9.18 Å². The van der Waals surface area contributed by atoms with Gasteiger partial charge in [0.1, 0.15) is 5.82 Å². The molecule has 0 aromatic heterocycles. The summed E-state index contributed by atoms with van der Waals surface area (Å²) in [6.45, 7) is 1.43. The second kappa shape index (κ2) is 4.51. The molecule has 4 heteroatoms. The van der Waals surface area contributed by atoms with Crippen molar-refractivity contribution in [3.63, 3.8) is 0 Å². The first kappa shape index (κ1) is 10.9. The zero-order chi connectivity index (χ0) is 11.5. The molecule has 1 aromatic carbocycles.